The van der Waals surface area contributed by atoms with Crippen LogP contribution in [0.15, 0.2) is 23.1 Å². The largest absolute Gasteiger partial charge is 0.477 e. The molecule has 1 aromatic carbocycles. The lowest BCUT2D eigenvalue weighted by molar-refractivity contribution is 0.0695. The molecule has 3 rings (SSSR count). The first-order valence-electron chi connectivity index (χ1n) is 9.38. The fraction of sp³-hybridized carbons (Fsp3) is 0.500. The second-order valence-electron chi connectivity index (χ2n) is 6.95. The van der Waals surface area contributed by atoms with Crippen LogP contribution in [0.1, 0.15) is 55.8 Å². The maximum Gasteiger partial charge on any atom is 0.341 e. The topological polar surface area (TPSA) is 62.5 Å². The average molecular weight is 360 g/mol. The molecule has 0 aliphatic carbocycles. The van der Waals surface area contributed by atoms with Crippen LogP contribution >= 0.6 is 0 Å². The molecule has 1 aromatic heterocycles. The van der Waals surface area contributed by atoms with Gasteiger partial charge in [-0.3, -0.25) is 4.79 Å². The Bertz CT molecular complexity index is 869. The molecule has 0 bridgehead atoms. The van der Waals surface area contributed by atoms with Crippen LogP contribution in [0.25, 0.3) is 10.9 Å². The van der Waals surface area contributed by atoms with E-state index in [-0.39, 0.29) is 10.9 Å². The number of unbranched alkanes of at least 4 members (excludes halogenated alkanes) is 3. The van der Waals surface area contributed by atoms with E-state index in [4.69, 9.17) is 0 Å². The van der Waals surface area contributed by atoms with Crippen LogP contribution in [0, 0.1) is 5.82 Å². The zero-order chi connectivity index (χ0) is 18.7. The highest BCUT2D eigenvalue weighted by atomic mass is 19.1. The van der Waals surface area contributed by atoms with Gasteiger partial charge in [-0.2, -0.15) is 0 Å². The molecular formula is C20H25FN2O3. The van der Waals surface area contributed by atoms with Gasteiger partial charge in [-0.25, -0.2) is 9.18 Å². The number of carboxylic acid groups (broad SMARTS) is 1. The Morgan fingerprint density at radius 1 is 1.19 bits per heavy atom. The molecule has 2 heterocycles. The van der Waals surface area contributed by atoms with Crippen LogP contribution in [0.5, 0.6) is 0 Å². The molecule has 26 heavy (non-hydrogen) atoms. The van der Waals surface area contributed by atoms with Gasteiger partial charge in [-0.05, 0) is 31.4 Å². The molecule has 2 aromatic rings. The van der Waals surface area contributed by atoms with E-state index in [1.165, 1.54) is 12.3 Å². The minimum absolute atomic E-state index is 0.140. The summed E-state index contributed by atoms with van der Waals surface area (Å²) in [5.74, 6) is -1.74. The van der Waals surface area contributed by atoms with Crippen molar-refractivity contribution in [2.24, 2.45) is 0 Å². The summed E-state index contributed by atoms with van der Waals surface area (Å²) >= 11 is 0. The van der Waals surface area contributed by atoms with Gasteiger partial charge in [0.2, 0.25) is 5.43 Å². The van der Waals surface area contributed by atoms with Crippen molar-refractivity contribution >= 4 is 22.6 Å². The summed E-state index contributed by atoms with van der Waals surface area (Å²) in [4.78, 5) is 25.9. The monoisotopic (exact) mass is 360 g/mol. The van der Waals surface area contributed by atoms with Gasteiger partial charge in [-0.1, -0.05) is 26.2 Å². The van der Waals surface area contributed by atoms with Gasteiger partial charge in [0.1, 0.15) is 11.4 Å². The molecule has 0 radical (unpaired) electrons. The predicted octanol–water partition coefficient (Wildman–Crippen LogP) is 4.02. The quantitative estimate of drug-likeness (QED) is 0.758. The van der Waals surface area contributed by atoms with Gasteiger partial charge in [0.25, 0.3) is 0 Å². The van der Waals surface area contributed by atoms with E-state index in [0.29, 0.717) is 17.7 Å². The number of carbonyl (C=O) groups is 1. The second kappa shape index (κ2) is 7.89. The van der Waals surface area contributed by atoms with Gasteiger partial charge < -0.3 is 14.6 Å². The molecule has 1 aliphatic rings. The number of halogens is 1. The van der Waals surface area contributed by atoms with E-state index in [1.807, 2.05) is 4.90 Å². The molecule has 1 saturated heterocycles. The maximum absolute atomic E-state index is 14.6. The lowest BCUT2D eigenvalue weighted by Crippen LogP contribution is -2.22. The Hall–Kier alpha value is -2.37. The zero-order valence-corrected chi connectivity index (χ0v) is 15.1. The minimum Gasteiger partial charge on any atom is -0.477 e. The van der Waals surface area contributed by atoms with Gasteiger partial charge in [0.05, 0.1) is 11.2 Å². The van der Waals surface area contributed by atoms with Crippen LogP contribution in [-0.2, 0) is 6.54 Å². The van der Waals surface area contributed by atoms with Crippen molar-refractivity contribution in [3.8, 4) is 0 Å². The first-order chi connectivity index (χ1) is 12.5. The third-order valence-electron chi connectivity index (χ3n) is 5.08. The number of pyridine rings is 1. The molecule has 1 N–H and O–H groups in total. The average Bonchev–Trinajstić information content (AvgIpc) is 3.14. The fourth-order valence-electron chi connectivity index (χ4n) is 3.65. The van der Waals surface area contributed by atoms with Gasteiger partial charge >= 0.3 is 5.97 Å². The van der Waals surface area contributed by atoms with E-state index >= 15 is 0 Å². The second-order valence-corrected chi connectivity index (χ2v) is 6.95. The maximum atomic E-state index is 14.6. The first-order valence-corrected chi connectivity index (χ1v) is 9.38. The fourth-order valence-corrected chi connectivity index (χ4v) is 3.65. The molecular weight excluding hydrogens is 335 g/mol. The number of fused-ring (bicyclic) bond motifs is 1. The first kappa shape index (κ1) is 18.4. The van der Waals surface area contributed by atoms with Crippen LogP contribution in [0.4, 0.5) is 10.1 Å². The molecule has 0 amide bonds. The minimum atomic E-state index is -1.27. The Kier molecular flexibility index (Phi) is 5.59. The predicted molar refractivity (Wildman–Crippen MR) is 101 cm³/mol. The normalized spacial score (nSPS) is 14.3. The van der Waals surface area contributed by atoms with Crippen molar-refractivity contribution in [1.29, 1.82) is 0 Å². The highest BCUT2D eigenvalue weighted by molar-refractivity contribution is 5.93. The van der Waals surface area contributed by atoms with Gasteiger partial charge in [-0.15, -0.1) is 0 Å². The molecule has 0 saturated carbocycles. The number of hydrogen-bond acceptors (Lipinski definition) is 3. The number of aromatic nitrogens is 1. The standard InChI is InChI=1S/C20H25FN2O3/c1-2-3-4-5-10-23-13-15(20(25)26)19(24)14-11-16(21)18(12-17(14)23)22-8-6-7-9-22/h11-13H,2-10H2,1H3,(H,25,26). The van der Waals surface area contributed by atoms with Crippen LogP contribution in [-0.4, -0.2) is 28.7 Å². The molecule has 6 heteroatoms. The Morgan fingerprint density at radius 2 is 1.92 bits per heavy atom. The summed E-state index contributed by atoms with van der Waals surface area (Å²) in [6.45, 7) is 4.34. The summed E-state index contributed by atoms with van der Waals surface area (Å²) < 4.78 is 16.4. The number of aryl methyl sites for hydroxylation is 1. The van der Waals surface area contributed by atoms with E-state index in [1.54, 1.807) is 10.6 Å². The Balaban J connectivity index is 2.11. The van der Waals surface area contributed by atoms with E-state index < -0.39 is 17.2 Å². The number of hydrogen-bond donors (Lipinski definition) is 1. The third kappa shape index (κ3) is 3.59. The van der Waals surface area contributed by atoms with Crippen molar-refractivity contribution in [1.82, 2.24) is 4.57 Å². The molecule has 1 aliphatic heterocycles. The van der Waals surface area contributed by atoms with Crippen molar-refractivity contribution in [2.45, 2.75) is 52.0 Å². The van der Waals surface area contributed by atoms with Crippen molar-refractivity contribution in [3.05, 3.63) is 39.9 Å². The highest BCUT2D eigenvalue weighted by Crippen LogP contribution is 2.28. The van der Waals surface area contributed by atoms with E-state index in [0.717, 1.165) is 51.6 Å². The van der Waals surface area contributed by atoms with Crippen molar-refractivity contribution in [3.63, 3.8) is 0 Å². The lowest BCUT2D eigenvalue weighted by Gasteiger charge is -2.20. The van der Waals surface area contributed by atoms with Crippen LogP contribution in [0.2, 0.25) is 0 Å². The summed E-state index contributed by atoms with van der Waals surface area (Å²) in [7, 11) is 0. The smallest absolute Gasteiger partial charge is 0.341 e. The van der Waals surface area contributed by atoms with Crippen molar-refractivity contribution < 1.29 is 14.3 Å². The number of anilines is 1. The van der Waals surface area contributed by atoms with Crippen LogP contribution in [0.3, 0.4) is 0 Å². The molecule has 0 unspecified atom stereocenters. The number of carboxylic acids is 1. The molecule has 140 valence electrons. The molecule has 0 spiro atoms. The third-order valence-corrected chi connectivity index (χ3v) is 5.08. The highest BCUT2D eigenvalue weighted by Gasteiger charge is 2.20. The number of aromatic carboxylic acids is 1. The number of rotatable bonds is 7. The molecule has 5 nitrogen and oxygen atoms in total. The van der Waals surface area contributed by atoms with Crippen molar-refractivity contribution in [2.75, 3.05) is 18.0 Å². The Labute approximate surface area is 152 Å². The summed E-state index contributed by atoms with van der Waals surface area (Å²) in [5, 5.41) is 9.48. The summed E-state index contributed by atoms with van der Waals surface area (Å²) in [6, 6.07) is 2.92. The molecule has 0 atom stereocenters. The SMILES string of the molecule is CCCCCCn1cc(C(=O)O)c(=O)c2cc(F)c(N3CCCC3)cc21. The number of benzene rings is 1. The molecule has 1 fully saturated rings. The summed E-state index contributed by atoms with van der Waals surface area (Å²) in [5.41, 5.74) is 0.185. The summed E-state index contributed by atoms with van der Waals surface area (Å²) in [6.07, 6.45) is 7.60. The van der Waals surface area contributed by atoms with Crippen LogP contribution < -0.4 is 10.3 Å². The van der Waals surface area contributed by atoms with E-state index in [9.17, 15) is 19.1 Å². The Morgan fingerprint density at radius 3 is 2.58 bits per heavy atom. The number of nitrogens with zero attached hydrogens (tertiary/aromatic N) is 2. The van der Waals surface area contributed by atoms with E-state index in [2.05, 4.69) is 6.92 Å². The lowest BCUT2D eigenvalue weighted by atomic mass is 10.1. The van der Waals surface area contributed by atoms with Gasteiger partial charge in [0, 0.05) is 31.2 Å². The van der Waals surface area contributed by atoms with Gasteiger partial charge in [0.15, 0.2) is 0 Å². The zero-order valence-electron chi connectivity index (χ0n) is 15.1.